The van der Waals surface area contributed by atoms with Gasteiger partial charge in [0.1, 0.15) is 6.10 Å². The second-order valence-electron chi connectivity index (χ2n) is 7.53. The highest BCUT2D eigenvalue weighted by molar-refractivity contribution is 5.75. The Balaban J connectivity index is 1.43. The summed E-state index contributed by atoms with van der Waals surface area (Å²) < 4.78 is 5.95. The minimum atomic E-state index is -0.134. The van der Waals surface area contributed by atoms with Crippen molar-refractivity contribution in [2.45, 2.75) is 50.3 Å². The summed E-state index contributed by atoms with van der Waals surface area (Å²) in [6.07, 6.45) is 10.5. The fourth-order valence-corrected chi connectivity index (χ4v) is 3.64. The van der Waals surface area contributed by atoms with Crippen LogP contribution in [0.25, 0.3) is 0 Å². The number of carbonyl (C=O) groups is 1. The number of nitrogens with zero attached hydrogens (tertiary/aromatic N) is 3. The van der Waals surface area contributed by atoms with Crippen molar-refractivity contribution in [1.82, 2.24) is 20.2 Å². The fourth-order valence-electron chi connectivity index (χ4n) is 3.64. The molecule has 27 heavy (non-hydrogen) atoms. The molecule has 2 amide bonds. The topological polar surface area (TPSA) is 67.4 Å². The number of ether oxygens (including phenoxy) is 1. The van der Waals surface area contributed by atoms with Gasteiger partial charge in [0.05, 0.1) is 12.1 Å². The van der Waals surface area contributed by atoms with Gasteiger partial charge in [0, 0.05) is 44.0 Å². The molecule has 0 bridgehead atoms. The second-order valence-corrected chi connectivity index (χ2v) is 7.53. The Morgan fingerprint density at radius 3 is 2.67 bits per heavy atom. The Hall–Kier alpha value is -2.47. The van der Waals surface area contributed by atoms with E-state index in [0.29, 0.717) is 12.5 Å². The molecule has 6 nitrogen and oxygen atoms in total. The van der Waals surface area contributed by atoms with Crippen LogP contribution in [0.1, 0.15) is 60.9 Å². The molecule has 2 aromatic heterocycles. The highest BCUT2D eigenvalue weighted by Crippen LogP contribution is 2.41. The van der Waals surface area contributed by atoms with Gasteiger partial charge in [-0.2, -0.15) is 0 Å². The van der Waals surface area contributed by atoms with E-state index in [1.54, 1.807) is 17.3 Å². The third-order valence-corrected chi connectivity index (χ3v) is 5.65. The van der Waals surface area contributed by atoms with Crippen molar-refractivity contribution in [2.24, 2.45) is 0 Å². The summed E-state index contributed by atoms with van der Waals surface area (Å²) in [6.45, 7) is 2.66. The summed E-state index contributed by atoms with van der Waals surface area (Å²) in [5, 5.41) is 3.16. The van der Waals surface area contributed by atoms with Crippen LogP contribution in [0.2, 0.25) is 0 Å². The van der Waals surface area contributed by atoms with Gasteiger partial charge in [-0.1, -0.05) is 0 Å². The van der Waals surface area contributed by atoms with Gasteiger partial charge in [0.25, 0.3) is 0 Å². The standard InChI is InChI=1S/C21H26N4O2/c1-14(15-5-8-22-9-6-15)25(2)21(26)24-19-7-10-27-20(19)18-11-17(12-23-13-18)16-3-4-16/h5-6,8-9,11-14,16,19-20H,3-4,7,10H2,1-2H3,(H,24,26)/t14-,19?,20?/m0/s1. The Morgan fingerprint density at radius 1 is 1.19 bits per heavy atom. The van der Waals surface area contributed by atoms with Crippen LogP contribution in [0.15, 0.2) is 43.0 Å². The van der Waals surface area contributed by atoms with Crippen molar-refractivity contribution in [3.05, 3.63) is 59.7 Å². The molecule has 3 atom stereocenters. The summed E-state index contributed by atoms with van der Waals surface area (Å²) in [5.74, 6) is 0.652. The summed E-state index contributed by atoms with van der Waals surface area (Å²) >= 11 is 0. The molecule has 1 N–H and O–H groups in total. The number of hydrogen-bond acceptors (Lipinski definition) is 4. The molecular weight excluding hydrogens is 340 g/mol. The molecule has 2 aromatic rings. The molecule has 1 saturated heterocycles. The molecule has 6 heteroatoms. The maximum absolute atomic E-state index is 12.8. The van der Waals surface area contributed by atoms with E-state index < -0.39 is 0 Å². The molecule has 1 saturated carbocycles. The van der Waals surface area contributed by atoms with E-state index in [1.165, 1.54) is 18.4 Å². The highest BCUT2D eigenvalue weighted by Gasteiger charge is 2.33. The van der Waals surface area contributed by atoms with Crippen LogP contribution in [0.4, 0.5) is 4.79 Å². The van der Waals surface area contributed by atoms with E-state index in [0.717, 1.165) is 17.5 Å². The summed E-state index contributed by atoms with van der Waals surface area (Å²) in [5.41, 5.74) is 3.41. The average Bonchev–Trinajstić information content (AvgIpc) is 3.47. The summed E-state index contributed by atoms with van der Waals surface area (Å²) in [6, 6.07) is 5.90. The largest absolute Gasteiger partial charge is 0.371 e. The maximum atomic E-state index is 12.8. The number of rotatable bonds is 5. The van der Waals surface area contributed by atoms with Crippen molar-refractivity contribution in [1.29, 1.82) is 0 Å². The third kappa shape index (κ3) is 3.95. The molecule has 2 fully saturated rings. The smallest absolute Gasteiger partial charge is 0.317 e. The molecule has 4 rings (SSSR count). The fraction of sp³-hybridized carbons (Fsp3) is 0.476. The van der Waals surface area contributed by atoms with E-state index in [9.17, 15) is 4.79 Å². The molecule has 2 unspecified atom stereocenters. The summed E-state index contributed by atoms with van der Waals surface area (Å²) in [4.78, 5) is 23.0. The molecule has 142 valence electrons. The maximum Gasteiger partial charge on any atom is 0.317 e. The number of amides is 2. The third-order valence-electron chi connectivity index (χ3n) is 5.65. The minimum absolute atomic E-state index is 0.0337. The minimum Gasteiger partial charge on any atom is -0.371 e. The van der Waals surface area contributed by atoms with Crippen LogP contribution < -0.4 is 5.32 Å². The predicted octanol–water partition coefficient (Wildman–Crippen LogP) is 3.59. The van der Waals surface area contributed by atoms with Gasteiger partial charge in [-0.3, -0.25) is 9.97 Å². The molecule has 1 aliphatic carbocycles. The number of carbonyl (C=O) groups excluding carboxylic acids is 1. The van der Waals surface area contributed by atoms with Crippen molar-refractivity contribution >= 4 is 6.03 Å². The lowest BCUT2D eigenvalue weighted by Crippen LogP contribution is -2.45. The molecule has 0 spiro atoms. The second kappa shape index (κ2) is 7.64. The SMILES string of the molecule is C[C@@H](c1ccncc1)N(C)C(=O)NC1CCOC1c1cncc(C2CC2)c1. The molecule has 0 aromatic carbocycles. The van der Waals surface area contributed by atoms with Crippen LogP contribution in [-0.4, -0.2) is 40.6 Å². The van der Waals surface area contributed by atoms with Crippen molar-refractivity contribution < 1.29 is 9.53 Å². The van der Waals surface area contributed by atoms with E-state index in [-0.39, 0.29) is 24.2 Å². The summed E-state index contributed by atoms with van der Waals surface area (Å²) in [7, 11) is 1.82. The Labute approximate surface area is 160 Å². The number of aromatic nitrogens is 2. The normalized spacial score (nSPS) is 23.0. The predicted molar refractivity (Wildman–Crippen MR) is 102 cm³/mol. The first-order valence-electron chi connectivity index (χ1n) is 9.63. The van der Waals surface area contributed by atoms with Gasteiger partial charge < -0.3 is 15.0 Å². The van der Waals surface area contributed by atoms with Crippen LogP contribution in [0.3, 0.4) is 0 Å². The van der Waals surface area contributed by atoms with Gasteiger partial charge in [-0.15, -0.1) is 0 Å². The monoisotopic (exact) mass is 366 g/mol. The Morgan fingerprint density at radius 2 is 1.93 bits per heavy atom. The van der Waals surface area contributed by atoms with Gasteiger partial charge in [-0.25, -0.2) is 4.79 Å². The van der Waals surface area contributed by atoms with E-state index in [1.807, 2.05) is 38.5 Å². The quantitative estimate of drug-likeness (QED) is 0.878. The van der Waals surface area contributed by atoms with Crippen LogP contribution in [-0.2, 0) is 4.74 Å². The molecule has 0 radical (unpaired) electrons. The van der Waals surface area contributed by atoms with Crippen molar-refractivity contribution in [3.8, 4) is 0 Å². The van der Waals surface area contributed by atoms with Gasteiger partial charge >= 0.3 is 6.03 Å². The van der Waals surface area contributed by atoms with E-state index >= 15 is 0 Å². The van der Waals surface area contributed by atoms with Gasteiger partial charge in [-0.05, 0) is 61.4 Å². The lowest BCUT2D eigenvalue weighted by atomic mass is 10.0. The number of urea groups is 1. The Kier molecular flexibility index (Phi) is 5.07. The molecule has 1 aliphatic heterocycles. The van der Waals surface area contributed by atoms with Crippen LogP contribution >= 0.6 is 0 Å². The van der Waals surface area contributed by atoms with Crippen LogP contribution in [0, 0.1) is 0 Å². The number of pyridine rings is 2. The van der Waals surface area contributed by atoms with Crippen molar-refractivity contribution in [2.75, 3.05) is 13.7 Å². The molecule has 2 aliphatic rings. The molecular formula is C21H26N4O2. The zero-order valence-electron chi connectivity index (χ0n) is 15.8. The lowest BCUT2D eigenvalue weighted by Gasteiger charge is -2.28. The number of nitrogens with one attached hydrogen (secondary N) is 1. The van der Waals surface area contributed by atoms with E-state index in [2.05, 4.69) is 21.4 Å². The average molecular weight is 366 g/mol. The van der Waals surface area contributed by atoms with Gasteiger partial charge in [0.2, 0.25) is 0 Å². The van der Waals surface area contributed by atoms with E-state index in [4.69, 9.17) is 4.74 Å². The first kappa shape index (κ1) is 17.9. The van der Waals surface area contributed by atoms with Crippen LogP contribution in [0.5, 0.6) is 0 Å². The van der Waals surface area contributed by atoms with Gasteiger partial charge in [0.15, 0.2) is 0 Å². The lowest BCUT2D eigenvalue weighted by molar-refractivity contribution is 0.0975. The van der Waals surface area contributed by atoms with Crippen molar-refractivity contribution in [3.63, 3.8) is 0 Å². The first-order chi connectivity index (χ1) is 13.1. The zero-order chi connectivity index (χ0) is 18.8. The Bertz CT molecular complexity index is 794. The molecule has 3 heterocycles. The highest BCUT2D eigenvalue weighted by atomic mass is 16.5. The zero-order valence-corrected chi connectivity index (χ0v) is 15.8. The first-order valence-corrected chi connectivity index (χ1v) is 9.63. The number of hydrogen-bond donors (Lipinski definition) is 1.